The molecule has 0 aliphatic rings. The Balaban J connectivity index is 0.00000225. The lowest BCUT2D eigenvalue weighted by Gasteiger charge is -1.99. The topological polar surface area (TPSA) is 20.9 Å². The van der Waals surface area contributed by atoms with Crippen LogP contribution in [0.2, 0.25) is 0 Å². The molecule has 0 amide bonds. The number of aromatic nitrogens is 1. The molecule has 3 rings (SSSR count). The zero-order chi connectivity index (χ0) is 16.8. The number of ketones is 1. The van der Waals surface area contributed by atoms with E-state index in [1.165, 1.54) is 11.1 Å². The van der Waals surface area contributed by atoms with Crippen LogP contribution >= 0.6 is 15.9 Å². The number of halogens is 2. The number of benzene rings is 2. The Kier molecular flexibility index (Phi) is 7.11. The van der Waals surface area contributed by atoms with E-state index in [4.69, 9.17) is 0 Å². The van der Waals surface area contributed by atoms with Crippen LogP contribution in [0.4, 0.5) is 0 Å². The largest absolute Gasteiger partial charge is 1.00 e. The van der Waals surface area contributed by atoms with E-state index in [2.05, 4.69) is 34.1 Å². The Hall–Kier alpha value is -2.23. The maximum atomic E-state index is 12.2. The average molecular weight is 415 g/mol. The summed E-state index contributed by atoms with van der Waals surface area (Å²) in [5.74, 6) is -0.0107. The van der Waals surface area contributed by atoms with Crippen LogP contribution in [0, 0.1) is 0 Å². The molecule has 0 aliphatic heterocycles. The molecule has 0 unspecified atom stereocenters. The van der Waals surface area contributed by atoms with Gasteiger partial charge in [-0.25, -0.2) is 0 Å². The minimum absolute atomic E-state index is 0. The Labute approximate surface area is 162 Å². The van der Waals surface area contributed by atoms with Crippen LogP contribution in [-0.4, -0.2) is 5.78 Å². The molecule has 2 aromatic carbocycles. The highest BCUT2D eigenvalue weighted by Crippen LogP contribution is 2.11. The summed E-state index contributed by atoms with van der Waals surface area (Å²) in [5, 5.41) is 0. The van der Waals surface area contributed by atoms with Crippen LogP contribution in [0.3, 0.4) is 0 Å². The van der Waals surface area contributed by atoms with Crippen molar-refractivity contribution in [1.82, 2.24) is 0 Å². The lowest BCUT2D eigenvalue weighted by molar-refractivity contribution is -0.568. The summed E-state index contributed by atoms with van der Waals surface area (Å²) in [6, 6.07) is 21.8. The first-order valence-electron chi connectivity index (χ1n) is 7.72. The summed E-state index contributed by atoms with van der Waals surface area (Å²) in [4.78, 5) is 12.2. The van der Waals surface area contributed by atoms with E-state index in [0.29, 0.717) is 5.56 Å². The Morgan fingerprint density at radius 2 is 1.60 bits per heavy atom. The fourth-order valence-electron chi connectivity index (χ4n) is 2.44. The van der Waals surface area contributed by atoms with Gasteiger partial charge in [0.2, 0.25) is 0 Å². The van der Waals surface area contributed by atoms with Gasteiger partial charge in [0.25, 0.3) is 0 Å². The third kappa shape index (κ3) is 5.66. The van der Waals surface area contributed by atoms with Gasteiger partial charge in [-0.15, -0.1) is 0 Å². The van der Waals surface area contributed by atoms with Crippen LogP contribution in [0.15, 0.2) is 89.7 Å². The van der Waals surface area contributed by atoms with Crippen molar-refractivity contribution in [1.29, 1.82) is 0 Å². The quantitative estimate of drug-likeness (QED) is 0.354. The highest BCUT2D eigenvalue weighted by atomic mass is 79.9. The molecular formula is C21H17BrClNO. The molecule has 0 saturated heterocycles. The Morgan fingerprint density at radius 1 is 0.920 bits per heavy atom. The zero-order valence-electron chi connectivity index (χ0n) is 13.5. The number of carbonyl (C=O) groups excluding carboxylic acids is 1. The van der Waals surface area contributed by atoms with Gasteiger partial charge in [0.15, 0.2) is 24.4 Å². The number of allylic oxidation sites excluding steroid dienone is 1. The zero-order valence-corrected chi connectivity index (χ0v) is 15.8. The first-order chi connectivity index (χ1) is 11.7. The predicted molar refractivity (Wildman–Crippen MR) is 99.7 cm³/mol. The number of carbonyl (C=O) groups is 1. The number of hydrogen-bond donors (Lipinski definition) is 0. The smallest absolute Gasteiger partial charge is 0.191 e. The third-order valence-electron chi connectivity index (χ3n) is 3.66. The van der Waals surface area contributed by atoms with E-state index < -0.39 is 0 Å². The summed E-state index contributed by atoms with van der Waals surface area (Å²) < 4.78 is 2.88. The molecule has 1 aromatic heterocycles. The number of rotatable bonds is 5. The second kappa shape index (κ2) is 9.30. The molecule has 0 spiro atoms. The molecule has 0 fully saturated rings. The van der Waals surface area contributed by atoms with E-state index in [9.17, 15) is 4.79 Å². The van der Waals surface area contributed by atoms with Gasteiger partial charge < -0.3 is 12.4 Å². The molecule has 25 heavy (non-hydrogen) atoms. The van der Waals surface area contributed by atoms with E-state index in [1.807, 2.05) is 65.5 Å². The molecule has 0 radical (unpaired) electrons. The second-order valence-corrected chi connectivity index (χ2v) is 6.42. The first kappa shape index (κ1) is 19.1. The van der Waals surface area contributed by atoms with Crippen LogP contribution in [0.25, 0.3) is 6.20 Å². The molecule has 0 saturated carbocycles. The summed E-state index contributed by atoms with van der Waals surface area (Å²) in [6.07, 6.45) is 8.23. The van der Waals surface area contributed by atoms with Crippen molar-refractivity contribution in [2.75, 3.05) is 0 Å². The SMILES string of the molecule is O=C(/C=C/[n+]1cccc(Cc2ccccc2)c1)c1ccc(Br)cc1.[Cl-]. The highest BCUT2D eigenvalue weighted by Gasteiger charge is 2.05. The maximum Gasteiger partial charge on any atom is 0.191 e. The monoisotopic (exact) mass is 413 g/mol. The van der Waals surface area contributed by atoms with Gasteiger partial charge in [0.05, 0.1) is 6.08 Å². The number of pyridine rings is 1. The number of hydrogen-bond acceptors (Lipinski definition) is 1. The molecule has 3 aromatic rings. The van der Waals surface area contributed by atoms with Crippen molar-refractivity contribution in [2.24, 2.45) is 0 Å². The summed E-state index contributed by atoms with van der Waals surface area (Å²) in [5.41, 5.74) is 3.14. The molecule has 126 valence electrons. The summed E-state index contributed by atoms with van der Waals surface area (Å²) in [6.45, 7) is 0. The van der Waals surface area contributed by atoms with Crippen molar-refractivity contribution in [3.05, 3.63) is 106 Å². The lowest BCUT2D eigenvalue weighted by atomic mass is 10.1. The van der Waals surface area contributed by atoms with Crippen molar-refractivity contribution >= 4 is 27.9 Å². The fourth-order valence-corrected chi connectivity index (χ4v) is 2.70. The second-order valence-electron chi connectivity index (χ2n) is 5.51. The minimum Gasteiger partial charge on any atom is -1.00 e. The van der Waals surface area contributed by atoms with Crippen LogP contribution in [0.1, 0.15) is 21.5 Å². The van der Waals surface area contributed by atoms with E-state index in [0.717, 1.165) is 10.9 Å². The van der Waals surface area contributed by atoms with Crippen molar-refractivity contribution in [2.45, 2.75) is 6.42 Å². The van der Waals surface area contributed by atoms with Gasteiger partial charge in [-0.3, -0.25) is 4.79 Å². The molecule has 0 aliphatic carbocycles. The van der Waals surface area contributed by atoms with Gasteiger partial charge in [0, 0.05) is 28.1 Å². The summed E-state index contributed by atoms with van der Waals surface area (Å²) >= 11 is 3.37. The normalized spacial score (nSPS) is 10.4. The van der Waals surface area contributed by atoms with Crippen LogP contribution < -0.4 is 17.0 Å². The minimum atomic E-state index is -0.0107. The third-order valence-corrected chi connectivity index (χ3v) is 4.19. The van der Waals surface area contributed by atoms with E-state index >= 15 is 0 Å². The lowest BCUT2D eigenvalue weighted by Crippen LogP contribution is -3.00. The van der Waals surface area contributed by atoms with Crippen molar-refractivity contribution < 1.29 is 21.8 Å². The van der Waals surface area contributed by atoms with E-state index in [-0.39, 0.29) is 18.2 Å². The molecule has 2 nitrogen and oxygen atoms in total. The van der Waals surface area contributed by atoms with Crippen molar-refractivity contribution in [3.63, 3.8) is 0 Å². The molecule has 0 bridgehead atoms. The Morgan fingerprint density at radius 3 is 2.32 bits per heavy atom. The average Bonchev–Trinajstić information content (AvgIpc) is 2.61. The fraction of sp³-hybridized carbons (Fsp3) is 0.0476. The van der Waals surface area contributed by atoms with Gasteiger partial charge in [-0.2, -0.15) is 4.57 Å². The molecule has 0 atom stereocenters. The van der Waals surface area contributed by atoms with Crippen LogP contribution in [0.5, 0.6) is 0 Å². The van der Waals surface area contributed by atoms with E-state index in [1.54, 1.807) is 12.3 Å². The number of nitrogens with zero attached hydrogens (tertiary/aromatic N) is 1. The Bertz CT molecular complexity index is 861. The van der Waals surface area contributed by atoms with Gasteiger partial charge in [-0.1, -0.05) is 46.3 Å². The van der Waals surface area contributed by atoms with Gasteiger partial charge in [0.1, 0.15) is 0 Å². The highest BCUT2D eigenvalue weighted by molar-refractivity contribution is 9.10. The van der Waals surface area contributed by atoms with Gasteiger partial charge in [-0.05, 0) is 35.9 Å². The summed E-state index contributed by atoms with van der Waals surface area (Å²) in [7, 11) is 0. The molecule has 1 heterocycles. The maximum absolute atomic E-state index is 12.2. The van der Waals surface area contributed by atoms with Crippen LogP contribution in [-0.2, 0) is 6.42 Å². The molecule has 0 N–H and O–H groups in total. The van der Waals surface area contributed by atoms with Gasteiger partial charge >= 0.3 is 0 Å². The predicted octanol–water partition coefficient (Wildman–Crippen LogP) is 1.69. The molecule has 4 heteroatoms. The first-order valence-corrected chi connectivity index (χ1v) is 8.52. The van der Waals surface area contributed by atoms with Crippen molar-refractivity contribution in [3.8, 4) is 0 Å². The molecular weight excluding hydrogens is 398 g/mol. The standard InChI is InChI=1S/C21H17BrNO.ClH/c22-20-10-8-19(9-11-20)21(24)12-14-23-13-4-7-18(16-23)15-17-5-2-1-3-6-17;/h1-14,16H,15H2;1H/q+1;/p-1/b14-12+;.